The lowest BCUT2D eigenvalue weighted by atomic mass is 10.2. The molecule has 1 amide bonds. The van der Waals surface area contributed by atoms with Crippen LogP contribution in [0.1, 0.15) is 24.8 Å². The third-order valence-corrected chi connectivity index (χ3v) is 6.50. The molecule has 1 aromatic heterocycles. The van der Waals surface area contributed by atoms with E-state index in [1.807, 2.05) is 24.3 Å². The summed E-state index contributed by atoms with van der Waals surface area (Å²) in [6.07, 6.45) is 1.89. The fraction of sp³-hybridized carbons (Fsp3) is 0.192. The van der Waals surface area contributed by atoms with Crippen LogP contribution < -0.4 is 10.9 Å². The van der Waals surface area contributed by atoms with Crippen molar-refractivity contribution >= 4 is 40.2 Å². The van der Waals surface area contributed by atoms with Gasteiger partial charge in [0, 0.05) is 23.7 Å². The number of para-hydroxylation sites is 1. The molecule has 5 nitrogen and oxygen atoms in total. The minimum absolute atomic E-state index is 0.0472. The van der Waals surface area contributed by atoms with E-state index in [0.717, 1.165) is 12.0 Å². The molecule has 4 rings (SSSR count). The van der Waals surface area contributed by atoms with Crippen molar-refractivity contribution in [1.82, 2.24) is 14.9 Å². The van der Waals surface area contributed by atoms with E-state index in [-0.39, 0.29) is 17.3 Å². The number of rotatable bonds is 9. The van der Waals surface area contributed by atoms with Crippen molar-refractivity contribution in [3.05, 3.63) is 99.6 Å². The summed E-state index contributed by atoms with van der Waals surface area (Å²) in [6.45, 7) is 0.376. The van der Waals surface area contributed by atoms with Crippen LogP contribution in [-0.4, -0.2) is 21.2 Å². The molecule has 0 radical (unpaired) electrons. The van der Waals surface area contributed by atoms with E-state index in [2.05, 4.69) is 5.32 Å². The van der Waals surface area contributed by atoms with Gasteiger partial charge in [-0.1, -0.05) is 53.7 Å². The van der Waals surface area contributed by atoms with E-state index >= 15 is 0 Å². The number of aromatic nitrogens is 2. The first-order chi connectivity index (χ1) is 16.5. The van der Waals surface area contributed by atoms with E-state index in [9.17, 15) is 14.0 Å². The third kappa shape index (κ3) is 6.04. The lowest BCUT2D eigenvalue weighted by Gasteiger charge is -2.13. The molecule has 34 heavy (non-hydrogen) atoms. The maximum absolute atomic E-state index is 13.2. The van der Waals surface area contributed by atoms with Crippen LogP contribution in [0.25, 0.3) is 16.6 Å². The Hall–Kier alpha value is -3.16. The normalized spacial score (nSPS) is 11.0. The smallest absolute Gasteiger partial charge is 0.266 e. The Kier molecular flexibility index (Phi) is 7.98. The van der Waals surface area contributed by atoms with Gasteiger partial charge in [-0.25, -0.2) is 9.37 Å². The second-order valence-electron chi connectivity index (χ2n) is 7.74. The maximum atomic E-state index is 13.2. The molecule has 0 aliphatic heterocycles. The summed E-state index contributed by atoms with van der Waals surface area (Å²) in [5, 5.41) is 4.53. The highest BCUT2D eigenvalue weighted by molar-refractivity contribution is 7.99. The fourth-order valence-corrected chi connectivity index (χ4v) is 4.69. The Morgan fingerprint density at radius 2 is 1.82 bits per heavy atom. The van der Waals surface area contributed by atoms with Gasteiger partial charge in [-0.2, -0.15) is 0 Å². The molecule has 0 saturated carbocycles. The van der Waals surface area contributed by atoms with Crippen molar-refractivity contribution in [2.45, 2.75) is 31.0 Å². The predicted molar refractivity (Wildman–Crippen MR) is 135 cm³/mol. The van der Waals surface area contributed by atoms with E-state index in [1.54, 1.807) is 41.0 Å². The van der Waals surface area contributed by atoms with Crippen molar-refractivity contribution < 1.29 is 9.18 Å². The van der Waals surface area contributed by atoms with Gasteiger partial charge in [0.15, 0.2) is 5.16 Å². The zero-order valence-corrected chi connectivity index (χ0v) is 19.9. The Bertz CT molecular complexity index is 1360. The maximum Gasteiger partial charge on any atom is 0.266 e. The Morgan fingerprint density at radius 1 is 1.03 bits per heavy atom. The summed E-state index contributed by atoms with van der Waals surface area (Å²) in [5.74, 6) is 0.361. The topological polar surface area (TPSA) is 64.0 Å². The van der Waals surface area contributed by atoms with Crippen LogP contribution >= 0.6 is 23.4 Å². The molecule has 3 aromatic carbocycles. The highest BCUT2D eigenvalue weighted by atomic mass is 35.5. The number of hydrogen-bond acceptors (Lipinski definition) is 4. The second kappa shape index (κ2) is 11.3. The molecule has 0 spiro atoms. The van der Waals surface area contributed by atoms with E-state index in [4.69, 9.17) is 16.6 Å². The molecule has 1 N–H and O–H groups in total. The predicted octanol–water partition coefficient (Wildman–Crippen LogP) is 5.76. The second-order valence-corrected chi connectivity index (χ2v) is 9.24. The molecule has 0 bridgehead atoms. The molecular formula is C26H23ClFN3O2S. The fourth-order valence-electron chi connectivity index (χ4n) is 3.49. The zero-order chi connectivity index (χ0) is 23.9. The number of amides is 1. The summed E-state index contributed by atoms with van der Waals surface area (Å²) < 4.78 is 14.6. The number of thioether (sulfide) groups is 1. The minimum atomic E-state index is -0.297. The quantitative estimate of drug-likeness (QED) is 0.182. The number of nitrogens with one attached hydrogen (secondary N) is 1. The van der Waals surface area contributed by atoms with E-state index < -0.39 is 0 Å². The van der Waals surface area contributed by atoms with Gasteiger partial charge in [-0.15, -0.1) is 0 Å². The van der Waals surface area contributed by atoms with Crippen LogP contribution in [0.3, 0.4) is 0 Å². The average molecular weight is 496 g/mol. The summed E-state index contributed by atoms with van der Waals surface area (Å²) in [4.78, 5) is 30.1. The Morgan fingerprint density at radius 3 is 2.62 bits per heavy atom. The van der Waals surface area contributed by atoms with Crippen LogP contribution in [0.15, 0.2) is 82.7 Å². The van der Waals surface area contributed by atoms with Crippen LogP contribution in [0, 0.1) is 5.82 Å². The Balaban J connectivity index is 1.37. The molecule has 4 aromatic rings. The standard InChI is InChI=1S/C26H23ClFN3O2S/c27-19-6-5-7-21(16-19)31-25(33)22-8-1-2-9-23(22)30-26(31)34-15-4-3-10-24(32)29-17-18-11-13-20(28)14-12-18/h1-2,5-9,11-14,16H,3-4,10,15,17H2,(H,29,32). The number of halogens is 2. The van der Waals surface area contributed by atoms with Gasteiger partial charge in [0.2, 0.25) is 5.91 Å². The van der Waals surface area contributed by atoms with Crippen LogP contribution in [0.5, 0.6) is 0 Å². The van der Waals surface area contributed by atoms with E-state index in [0.29, 0.717) is 51.9 Å². The number of benzene rings is 3. The number of nitrogens with zero attached hydrogens (tertiary/aromatic N) is 2. The van der Waals surface area contributed by atoms with Gasteiger partial charge in [-0.05, 0) is 60.9 Å². The van der Waals surface area contributed by atoms with Gasteiger partial charge >= 0.3 is 0 Å². The molecular weight excluding hydrogens is 473 g/mol. The van der Waals surface area contributed by atoms with Crippen molar-refractivity contribution in [3.63, 3.8) is 0 Å². The summed E-state index contributed by atoms with van der Waals surface area (Å²) in [6, 6.07) is 20.5. The van der Waals surface area contributed by atoms with Crippen LogP contribution in [0.2, 0.25) is 5.02 Å². The van der Waals surface area contributed by atoms with Crippen molar-refractivity contribution in [1.29, 1.82) is 0 Å². The van der Waals surface area contributed by atoms with Crippen LogP contribution in [0.4, 0.5) is 4.39 Å². The monoisotopic (exact) mass is 495 g/mol. The summed E-state index contributed by atoms with van der Waals surface area (Å²) in [7, 11) is 0. The first kappa shape index (κ1) is 24.0. The zero-order valence-electron chi connectivity index (χ0n) is 18.3. The summed E-state index contributed by atoms with van der Waals surface area (Å²) >= 11 is 7.65. The van der Waals surface area contributed by atoms with Crippen molar-refractivity contribution in [2.24, 2.45) is 0 Å². The SMILES string of the molecule is O=C(CCCCSc1nc2ccccc2c(=O)n1-c1cccc(Cl)c1)NCc1ccc(F)cc1. The highest BCUT2D eigenvalue weighted by Crippen LogP contribution is 2.24. The average Bonchev–Trinajstić information content (AvgIpc) is 2.83. The number of fused-ring (bicyclic) bond motifs is 1. The molecule has 0 atom stereocenters. The van der Waals surface area contributed by atoms with E-state index in [1.165, 1.54) is 23.9 Å². The molecule has 1 heterocycles. The molecule has 0 aliphatic carbocycles. The molecule has 174 valence electrons. The first-order valence-electron chi connectivity index (χ1n) is 10.9. The highest BCUT2D eigenvalue weighted by Gasteiger charge is 2.13. The van der Waals surface area contributed by atoms with Crippen molar-refractivity contribution in [3.8, 4) is 5.69 Å². The molecule has 0 aliphatic rings. The lowest BCUT2D eigenvalue weighted by molar-refractivity contribution is -0.121. The number of carbonyl (C=O) groups excluding carboxylic acids is 1. The van der Waals surface area contributed by atoms with Gasteiger partial charge in [0.05, 0.1) is 16.6 Å². The largest absolute Gasteiger partial charge is 0.352 e. The minimum Gasteiger partial charge on any atom is -0.352 e. The molecule has 8 heteroatoms. The van der Waals surface area contributed by atoms with Crippen LogP contribution in [-0.2, 0) is 11.3 Å². The van der Waals surface area contributed by atoms with Gasteiger partial charge < -0.3 is 5.32 Å². The van der Waals surface area contributed by atoms with Gasteiger partial charge in [-0.3, -0.25) is 14.2 Å². The molecule has 0 unspecified atom stereocenters. The number of unbranched alkanes of at least 4 members (excludes halogenated alkanes) is 1. The summed E-state index contributed by atoms with van der Waals surface area (Å²) in [5.41, 5.74) is 2.02. The molecule has 0 fully saturated rings. The lowest BCUT2D eigenvalue weighted by Crippen LogP contribution is -2.22. The molecule has 0 saturated heterocycles. The Labute approximate surface area is 206 Å². The third-order valence-electron chi connectivity index (χ3n) is 5.24. The number of hydrogen-bond donors (Lipinski definition) is 1. The van der Waals surface area contributed by atoms with Crippen molar-refractivity contribution in [2.75, 3.05) is 5.75 Å². The van der Waals surface area contributed by atoms with Gasteiger partial charge in [0.25, 0.3) is 5.56 Å². The van der Waals surface area contributed by atoms with Gasteiger partial charge in [0.1, 0.15) is 5.82 Å². The first-order valence-corrected chi connectivity index (χ1v) is 12.3. The number of carbonyl (C=O) groups is 1.